The molecule has 0 aliphatic rings. The summed E-state index contributed by atoms with van der Waals surface area (Å²) in [5.41, 5.74) is 1.96. The highest BCUT2D eigenvalue weighted by Crippen LogP contribution is 2.16. The van der Waals surface area contributed by atoms with Gasteiger partial charge in [0.15, 0.2) is 0 Å². The van der Waals surface area contributed by atoms with Crippen molar-refractivity contribution in [3.05, 3.63) is 35.4 Å². The van der Waals surface area contributed by atoms with Crippen molar-refractivity contribution in [1.82, 2.24) is 4.90 Å². The van der Waals surface area contributed by atoms with E-state index in [2.05, 4.69) is 11.8 Å². The van der Waals surface area contributed by atoms with E-state index in [1.807, 2.05) is 38.4 Å². The number of benzene rings is 1. The van der Waals surface area contributed by atoms with Gasteiger partial charge in [0, 0.05) is 11.6 Å². The Balaban J connectivity index is 2.85. The molecule has 0 saturated carbocycles. The molecule has 1 aromatic rings. The highest BCUT2D eigenvalue weighted by Gasteiger charge is 2.06. The van der Waals surface area contributed by atoms with E-state index in [1.54, 1.807) is 0 Å². The molecule has 70 valence electrons. The van der Waals surface area contributed by atoms with Gasteiger partial charge < -0.3 is 4.90 Å². The summed E-state index contributed by atoms with van der Waals surface area (Å²) in [6, 6.07) is 8.08. The van der Waals surface area contributed by atoms with Crippen molar-refractivity contribution in [2.24, 2.45) is 0 Å². The first-order chi connectivity index (χ1) is 6.15. The Morgan fingerprint density at radius 3 is 2.15 bits per heavy atom. The van der Waals surface area contributed by atoms with Crippen LogP contribution in [0.3, 0.4) is 0 Å². The number of nitrogens with zero attached hydrogens (tertiary/aromatic N) is 1. The number of carbonyl (C=O) groups is 1. The summed E-state index contributed by atoms with van der Waals surface area (Å²) in [5.74, 6) is 0. The quantitative estimate of drug-likeness (QED) is 0.659. The van der Waals surface area contributed by atoms with E-state index in [-0.39, 0.29) is 0 Å². The van der Waals surface area contributed by atoms with E-state index < -0.39 is 0 Å². The molecule has 1 rings (SSSR count). The van der Waals surface area contributed by atoms with Crippen molar-refractivity contribution >= 4 is 6.29 Å². The van der Waals surface area contributed by atoms with Crippen LogP contribution in [-0.4, -0.2) is 25.3 Å². The zero-order chi connectivity index (χ0) is 9.84. The van der Waals surface area contributed by atoms with Crippen molar-refractivity contribution < 1.29 is 4.79 Å². The maximum atomic E-state index is 10.4. The van der Waals surface area contributed by atoms with Gasteiger partial charge in [0.2, 0.25) is 0 Å². The highest BCUT2D eigenvalue weighted by molar-refractivity contribution is 5.74. The molecule has 2 heteroatoms. The molecular weight excluding hydrogens is 162 g/mol. The van der Waals surface area contributed by atoms with Crippen molar-refractivity contribution in [3.63, 3.8) is 0 Å². The number of rotatable bonds is 3. The summed E-state index contributed by atoms with van der Waals surface area (Å²) < 4.78 is 0. The average molecular weight is 177 g/mol. The van der Waals surface area contributed by atoms with Crippen molar-refractivity contribution in [2.45, 2.75) is 13.0 Å². The molecule has 0 amide bonds. The third-order valence-electron chi connectivity index (χ3n) is 2.33. The Hall–Kier alpha value is -1.15. The Kier molecular flexibility index (Phi) is 3.20. The normalized spacial score (nSPS) is 12.9. The van der Waals surface area contributed by atoms with E-state index >= 15 is 0 Å². The smallest absolute Gasteiger partial charge is 0.150 e. The molecule has 0 saturated heterocycles. The Morgan fingerprint density at radius 1 is 1.23 bits per heavy atom. The summed E-state index contributed by atoms with van der Waals surface area (Å²) in [7, 11) is 4.08. The molecule has 0 heterocycles. The van der Waals surface area contributed by atoms with E-state index in [0.29, 0.717) is 6.04 Å². The molecule has 0 aromatic heterocycles. The summed E-state index contributed by atoms with van der Waals surface area (Å²) in [6.45, 7) is 2.13. The predicted octanol–water partition coefficient (Wildman–Crippen LogP) is 2.12. The fourth-order valence-electron chi connectivity index (χ4n) is 1.15. The van der Waals surface area contributed by atoms with Crippen LogP contribution in [-0.2, 0) is 0 Å². The Labute approximate surface area is 79.2 Å². The maximum absolute atomic E-state index is 10.4. The summed E-state index contributed by atoms with van der Waals surface area (Å²) in [6.07, 6.45) is 0.865. The lowest BCUT2D eigenvalue weighted by molar-refractivity contribution is 0.112. The van der Waals surface area contributed by atoms with Crippen LogP contribution in [0, 0.1) is 0 Å². The van der Waals surface area contributed by atoms with Gasteiger partial charge in [-0.1, -0.05) is 24.3 Å². The van der Waals surface area contributed by atoms with Crippen LogP contribution in [0.15, 0.2) is 24.3 Å². The standard InChI is InChI=1S/C11H15NO/c1-9(12(2)3)11-6-4-10(8-13)5-7-11/h4-9H,1-3H3. The van der Waals surface area contributed by atoms with Crippen LogP contribution < -0.4 is 0 Å². The summed E-state index contributed by atoms with van der Waals surface area (Å²) in [5, 5.41) is 0. The van der Waals surface area contributed by atoms with Gasteiger partial charge in [0.25, 0.3) is 0 Å². The van der Waals surface area contributed by atoms with Gasteiger partial charge >= 0.3 is 0 Å². The highest BCUT2D eigenvalue weighted by atomic mass is 16.1. The second kappa shape index (κ2) is 4.19. The molecule has 1 atom stereocenters. The third-order valence-corrected chi connectivity index (χ3v) is 2.33. The Morgan fingerprint density at radius 2 is 1.77 bits per heavy atom. The van der Waals surface area contributed by atoms with Crippen LogP contribution in [0.1, 0.15) is 28.9 Å². The lowest BCUT2D eigenvalue weighted by atomic mass is 10.1. The van der Waals surface area contributed by atoms with Gasteiger partial charge in [-0.2, -0.15) is 0 Å². The summed E-state index contributed by atoms with van der Waals surface area (Å²) >= 11 is 0. The molecule has 0 N–H and O–H groups in total. The van der Waals surface area contributed by atoms with Crippen molar-refractivity contribution in [3.8, 4) is 0 Å². The minimum atomic E-state index is 0.390. The second-order valence-corrected chi connectivity index (χ2v) is 3.42. The molecule has 0 fully saturated rings. The maximum Gasteiger partial charge on any atom is 0.150 e. The van der Waals surface area contributed by atoms with E-state index in [4.69, 9.17) is 0 Å². The van der Waals surface area contributed by atoms with Crippen LogP contribution in [0.4, 0.5) is 0 Å². The van der Waals surface area contributed by atoms with Crippen molar-refractivity contribution in [1.29, 1.82) is 0 Å². The average Bonchev–Trinajstić information content (AvgIpc) is 2.17. The molecule has 0 radical (unpaired) electrons. The van der Waals surface area contributed by atoms with Gasteiger partial charge in [-0.15, -0.1) is 0 Å². The third kappa shape index (κ3) is 2.39. The number of carbonyl (C=O) groups excluding carboxylic acids is 1. The molecule has 1 aromatic carbocycles. The molecule has 2 nitrogen and oxygen atoms in total. The molecule has 0 aliphatic heterocycles. The summed E-state index contributed by atoms with van der Waals surface area (Å²) in [4.78, 5) is 12.5. The van der Waals surface area contributed by atoms with Crippen LogP contribution in [0.5, 0.6) is 0 Å². The van der Waals surface area contributed by atoms with Crippen LogP contribution >= 0.6 is 0 Å². The zero-order valence-corrected chi connectivity index (χ0v) is 8.32. The first-order valence-corrected chi connectivity index (χ1v) is 4.36. The van der Waals surface area contributed by atoms with Gasteiger partial charge in [-0.3, -0.25) is 4.79 Å². The number of hydrogen-bond donors (Lipinski definition) is 0. The molecule has 0 bridgehead atoms. The molecule has 1 unspecified atom stereocenters. The van der Waals surface area contributed by atoms with Gasteiger partial charge in [-0.05, 0) is 26.6 Å². The van der Waals surface area contributed by atoms with Gasteiger partial charge in [0.1, 0.15) is 6.29 Å². The minimum Gasteiger partial charge on any atom is -0.303 e. The first-order valence-electron chi connectivity index (χ1n) is 4.36. The lowest BCUT2D eigenvalue weighted by Crippen LogP contribution is -2.16. The second-order valence-electron chi connectivity index (χ2n) is 3.42. The Bertz CT molecular complexity index is 277. The first kappa shape index (κ1) is 9.93. The zero-order valence-electron chi connectivity index (χ0n) is 8.32. The van der Waals surface area contributed by atoms with E-state index in [9.17, 15) is 4.79 Å². The lowest BCUT2D eigenvalue weighted by Gasteiger charge is -2.19. The topological polar surface area (TPSA) is 20.3 Å². The molecular formula is C11H15NO. The van der Waals surface area contributed by atoms with E-state index in [1.165, 1.54) is 5.56 Å². The van der Waals surface area contributed by atoms with Gasteiger partial charge in [0.05, 0.1) is 0 Å². The SMILES string of the molecule is CC(c1ccc(C=O)cc1)N(C)C. The molecule has 0 aliphatic carbocycles. The monoisotopic (exact) mass is 177 g/mol. The minimum absolute atomic E-state index is 0.390. The number of hydrogen-bond acceptors (Lipinski definition) is 2. The van der Waals surface area contributed by atoms with Crippen LogP contribution in [0.2, 0.25) is 0 Å². The fraction of sp³-hybridized carbons (Fsp3) is 0.364. The predicted molar refractivity (Wildman–Crippen MR) is 53.9 cm³/mol. The van der Waals surface area contributed by atoms with Gasteiger partial charge in [-0.25, -0.2) is 0 Å². The largest absolute Gasteiger partial charge is 0.303 e. The molecule has 13 heavy (non-hydrogen) atoms. The van der Waals surface area contributed by atoms with E-state index in [0.717, 1.165) is 11.8 Å². The van der Waals surface area contributed by atoms with Crippen LogP contribution in [0.25, 0.3) is 0 Å². The number of aldehydes is 1. The fourth-order valence-corrected chi connectivity index (χ4v) is 1.15. The van der Waals surface area contributed by atoms with Crippen molar-refractivity contribution in [2.75, 3.05) is 14.1 Å². The molecule has 0 spiro atoms.